The Kier molecular flexibility index (Phi) is 5.07. The average molecular weight is 292 g/mol. The Bertz CT molecular complexity index is 496. The number of hydrogen-bond donors (Lipinski definition) is 1. The molecule has 0 spiro atoms. The predicted octanol–water partition coefficient (Wildman–Crippen LogP) is 1.81. The fraction of sp³-hybridized carbons (Fsp3) is 0.562. The molecule has 1 aromatic carbocycles. The SMILES string of the molecule is COc1ccc(C(=O)N(C)CC2CCN(C)CC2)cc1O. The fourth-order valence-electron chi connectivity index (χ4n) is 2.76. The highest BCUT2D eigenvalue weighted by atomic mass is 16.5. The number of aromatic hydroxyl groups is 1. The highest BCUT2D eigenvalue weighted by Crippen LogP contribution is 2.27. The van der Waals surface area contributed by atoms with Gasteiger partial charge in [-0.1, -0.05) is 0 Å². The van der Waals surface area contributed by atoms with Crippen LogP contribution in [0, 0.1) is 5.92 Å². The van der Waals surface area contributed by atoms with Crippen LogP contribution in [0.1, 0.15) is 23.2 Å². The molecule has 5 nitrogen and oxygen atoms in total. The maximum atomic E-state index is 12.4. The van der Waals surface area contributed by atoms with E-state index in [0.717, 1.165) is 32.5 Å². The Morgan fingerprint density at radius 3 is 2.67 bits per heavy atom. The third-order valence-electron chi connectivity index (χ3n) is 4.14. The molecule has 1 amide bonds. The summed E-state index contributed by atoms with van der Waals surface area (Å²) in [4.78, 5) is 16.5. The topological polar surface area (TPSA) is 53.0 Å². The van der Waals surface area contributed by atoms with Crippen molar-refractivity contribution in [3.8, 4) is 11.5 Å². The first-order valence-electron chi connectivity index (χ1n) is 7.32. The Labute approximate surface area is 126 Å². The number of benzene rings is 1. The van der Waals surface area contributed by atoms with Gasteiger partial charge < -0.3 is 19.6 Å². The zero-order chi connectivity index (χ0) is 15.4. The lowest BCUT2D eigenvalue weighted by Gasteiger charge is -2.31. The number of amides is 1. The molecule has 1 aliphatic heterocycles. The lowest BCUT2D eigenvalue weighted by Crippen LogP contribution is -2.37. The molecule has 0 aliphatic carbocycles. The van der Waals surface area contributed by atoms with Crippen molar-refractivity contribution in [2.24, 2.45) is 5.92 Å². The summed E-state index contributed by atoms with van der Waals surface area (Å²) in [5.41, 5.74) is 0.490. The van der Waals surface area contributed by atoms with Crippen molar-refractivity contribution in [2.45, 2.75) is 12.8 Å². The molecule has 0 bridgehead atoms. The lowest BCUT2D eigenvalue weighted by atomic mass is 9.96. The van der Waals surface area contributed by atoms with Crippen LogP contribution < -0.4 is 4.74 Å². The number of carbonyl (C=O) groups is 1. The van der Waals surface area contributed by atoms with Crippen LogP contribution in [0.3, 0.4) is 0 Å². The maximum absolute atomic E-state index is 12.4. The number of likely N-dealkylation sites (tertiary alicyclic amines) is 1. The van der Waals surface area contributed by atoms with Crippen LogP contribution in [0.4, 0.5) is 0 Å². The zero-order valence-corrected chi connectivity index (χ0v) is 13.0. The Hall–Kier alpha value is -1.75. The standard InChI is InChI=1S/C16H24N2O3/c1-17-8-6-12(7-9-17)11-18(2)16(20)13-4-5-15(21-3)14(19)10-13/h4-5,10,12,19H,6-9,11H2,1-3H3. The molecule has 1 aromatic rings. The van der Waals surface area contributed by atoms with Gasteiger partial charge in [0.1, 0.15) is 0 Å². The van der Waals surface area contributed by atoms with E-state index in [1.54, 1.807) is 17.0 Å². The molecule has 1 aliphatic rings. The summed E-state index contributed by atoms with van der Waals surface area (Å²) in [7, 11) is 5.44. The molecule has 1 N–H and O–H groups in total. The Morgan fingerprint density at radius 1 is 1.43 bits per heavy atom. The number of piperidine rings is 1. The van der Waals surface area contributed by atoms with Crippen LogP contribution in [-0.4, -0.2) is 61.7 Å². The maximum Gasteiger partial charge on any atom is 0.253 e. The average Bonchev–Trinajstić information content (AvgIpc) is 2.48. The van der Waals surface area contributed by atoms with Crippen molar-refractivity contribution in [1.82, 2.24) is 9.80 Å². The largest absolute Gasteiger partial charge is 0.504 e. The molecule has 116 valence electrons. The second-order valence-corrected chi connectivity index (χ2v) is 5.82. The molecule has 5 heteroatoms. The van der Waals surface area contributed by atoms with E-state index >= 15 is 0 Å². The normalized spacial score (nSPS) is 16.7. The molecule has 1 fully saturated rings. The van der Waals surface area contributed by atoms with E-state index in [2.05, 4.69) is 11.9 Å². The minimum absolute atomic E-state index is 0.00367. The lowest BCUT2D eigenvalue weighted by molar-refractivity contribution is 0.0746. The van der Waals surface area contributed by atoms with Crippen molar-refractivity contribution in [3.05, 3.63) is 23.8 Å². The summed E-state index contributed by atoms with van der Waals surface area (Å²) in [5.74, 6) is 0.870. The predicted molar refractivity (Wildman–Crippen MR) is 81.8 cm³/mol. The zero-order valence-electron chi connectivity index (χ0n) is 13.0. The summed E-state index contributed by atoms with van der Waals surface area (Å²) in [6, 6.07) is 4.77. The molecule has 1 heterocycles. The van der Waals surface area contributed by atoms with E-state index in [-0.39, 0.29) is 11.7 Å². The molecule has 1 saturated heterocycles. The second-order valence-electron chi connectivity index (χ2n) is 5.82. The van der Waals surface area contributed by atoms with Crippen molar-refractivity contribution < 1.29 is 14.6 Å². The molecule has 0 unspecified atom stereocenters. The first-order valence-corrected chi connectivity index (χ1v) is 7.32. The first-order chi connectivity index (χ1) is 10.0. The number of ether oxygens (including phenoxy) is 1. The Morgan fingerprint density at radius 2 is 2.10 bits per heavy atom. The van der Waals surface area contributed by atoms with Gasteiger partial charge in [0, 0.05) is 19.2 Å². The molecule has 0 aromatic heterocycles. The number of phenols is 1. The van der Waals surface area contributed by atoms with Crippen LogP contribution in [0.2, 0.25) is 0 Å². The summed E-state index contributed by atoms with van der Waals surface area (Å²) in [6.07, 6.45) is 2.25. The summed E-state index contributed by atoms with van der Waals surface area (Å²) in [6.45, 7) is 2.95. The quantitative estimate of drug-likeness (QED) is 0.919. The molecule has 0 atom stereocenters. The molecule has 21 heavy (non-hydrogen) atoms. The molecule has 2 rings (SSSR count). The third kappa shape index (κ3) is 3.88. The van der Waals surface area contributed by atoms with Gasteiger partial charge >= 0.3 is 0 Å². The van der Waals surface area contributed by atoms with Gasteiger partial charge in [0.25, 0.3) is 5.91 Å². The van der Waals surface area contributed by atoms with Crippen LogP contribution in [0.25, 0.3) is 0 Å². The van der Waals surface area contributed by atoms with Crippen LogP contribution in [-0.2, 0) is 0 Å². The van der Waals surface area contributed by atoms with Gasteiger partial charge in [0.15, 0.2) is 11.5 Å². The van der Waals surface area contributed by atoms with E-state index in [0.29, 0.717) is 17.2 Å². The summed E-state index contributed by atoms with van der Waals surface area (Å²) < 4.78 is 4.99. The van der Waals surface area contributed by atoms with Crippen molar-refractivity contribution in [1.29, 1.82) is 0 Å². The smallest absolute Gasteiger partial charge is 0.253 e. The summed E-state index contributed by atoms with van der Waals surface area (Å²) in [5, 5.41) is 9.77. The van der Waals surface area contributed by atoms with Crippen molar-refractivity contribution >= 4 is 5.91 Å². The number of rotatable bonds is 4. The first kappa shape index (κ1) is 15.6. The van der Waals surface area contributed by atoms with Gasteiger partial charge in [-0.2, -0.15) is 0 Å². The van der Waals surface area contributed by atoms with Crippen molar-refractivity contribution in [3.63, 3.8) is 0 Å². The van der Waals surface area contributed by atoms with Gasteiger partial charge in [-0.25, -0.2) is 0 Å². The van der Waals surface area contributed by atoms with Crippen LogP contribution in [0.5, 0.6) is 11.5 Å². The highest BCUT2D eigenvalue weighted by molar-refractivity contribution is 5.94. The fourth-order valence-corrected chi connectivity index (χ4v) is 2.76. The van der Waals surface area contributed by atoms with E-state index in [1.165, 1.54) is 13.2 Å². The summed E-state index contributed by atoms with van der Waals surface area (Å²) >= 11 is 0. The third-order valence-corrected chi connectivity index (χ3v) is 4.14. The van der Waals surface area contributed by atoms with E-state index < -0.39 is 0 Å². The molecule has 0 saturated carbocycles. The van der Waals surface area contributed by atoms with E-state index in [9.17, 15) is 9.90 Å². The Balaban J connectivity index is 1.97. The monoisotopic (exact) mass is 292 g/mol. The van der Waals surface area contributed by atoms with Gasteiger partial charge in [-0.3, -0.25) is 4.79 Å². The number of phenolic OH excluding ortho intramolecular Hbond substituents is 1. The molecular formula is C16H24N2O3. The molecule has 0 radical (unpaired) electrons. The van der Waals surface area contributed by atoms with Gasteiger partial charge in [-0.05, 0) is 57.1 Å². The van der Waals surface area contributed by atoms with Gasteiger partial charge in [-0.15, -0.1) is 0 Å². The van der Waals surface area contributed by atoms with Gasteiger partial charge in [0.2, 0.25) is 0 Å². The van der Waals surface area contributed by atoms with Crippen LogP contribution >= 0.6 is 0 Å². The van der Waals surface area contributed by atoms with E-state index in [1.807, 2.05) is 7.05 Å². The van der Waals surface area contributed by atoms with Crippen LogP contribution in [0.15, 0.2) is 18.2 Å². The van der Waals surface area contributed by atoms with Gasteiger partial charge in [0.05, 0.1) is 7.11 Å². The number of methoxy groups -OCH3 is 1. The minimum atomic E-state index is -0.0631. The number of nitrogens with zero attached hydrogens (tertiary/aromatic N) is 2. The second kappa shape index (κ2) is 6.80. The minimum Gasteiger partial charge on any atom is -0.504 e. The highest BCUT2D eigenvalue weighted by Gasteiger charge is 2.21. The van der Waals surface area contributed by atoms with Crippen molar-refractivity contribution in [2.75, 3.05) is 40.8 Å². The molecular weight excluding hydrogens is 268 g/mol. The number of hydrogen-bond acceptors (Lipinski definition) is 4. The number of carbonyl (C=O) groups excluding carboxylic acids is 1. The van der Waals surface area contributed by atoms with E-state index in [4.69, 9.17) is 4.74 Å².